The van der Waals surface area contributed by atoms with E-state index in [0.29, 0.717) is 18.4 Å². The second-order valence-electron chi connectivity index (χ2n) is 6.06. The molecular weight excluding hydrogens is 252 g/mol. The van der Waals surface area contributed by atoms with Crippen molar-refractivity contribution in [3.05, 3.63) is 0 Å². The van der Waals surface area contributed by atoms with E-state index in [1.165, 1.54) is 6.42 Å². The first-order valence-electron chi connectivity index (χ1n) is 8.21. The van der Waals surface area contributed by atoms with Crippen LogP contribution < -0.4 is 0 Å². The lowest BCUT2D eigenvalue weighted by Gasteiger charge is -2.33. The van der Waals surface area contributed by atoms with E-state index in [1.807, 2.05) is 18.7 Å². The number of carbonyl (C=O) groups excluding carboxylic acids is 2. The number of hydrogen-bond donors (Lipinski definition) is 0. The number of Topliss-reactive ketones (excluding diaryl/α,β-unsaturated/α-hetero) is 1. The highest BCUT2D eigenvalue weighted by Gasteiger charge is 2.37. The summed E-state index contributed by atoms with van der Waals surface area (Å²) < 4.78 is 0. The quantitative estimate of drug-likeness (QED) is 0.774. The molecular formula is C16H28N2O2. The third-order valence-electron chi connectivity index (χ3n) is 4.94. The van der Waals surface area contributed by atoms with Crippen LogP contribution in [0.3, 0.4) is 0 Å². The van der Waals surface area contributed by atoms with Crippen LogP contribution in [0.1, 0.15) is 52.4 Å². The van der Waals surface area contributed by atoms with Gasteiger partial charge in [0.15, 0.2) is 0 Å². The third kappa shape index (κ3) is 3.40. The average Bonchev–Trinajstić information content (AvgIpc) is 2.88. The van der Waals surface area contributed by atoms with Crippen LogP contribution in [0.2, 0.25) is 0 Å². The summed E-state index contributed by atoms with van der Waals surface area (Å²) in [5, 5.41) is 0. The number of nitrogens with zero attached hydrogens (tertiary/aromatic N) is 2. The molecule has 2 rings (SSSR count). The summed E-state index contributed by atoms with van der Waals surface area (Å²) in [6.45, 7) is 7.06. The lowest BCUT2D eigenvalue weighted by atomic mass is 9.82. The minimum absolute atomic E-state index is 0.191. The second kappa shape index (κ2) is 7.21. The minimum Gasteiger partial charge on any atom is -0.342 e. The summed E-state index contributed by atoms with van der Waals surface area (Å²) in [5.74, 6) is 0.837. The zero-order valence-electron chi connectivity index (χ0n) is 12.9. The second-order valence-corrected chi connectivity index (χ2v) is 6.06. The molecule has 0 aromatic rings. The molecule has 2 fully saturated rings. The molecule has 2 aliphatic rings. The summed E-state index contributed by atoms with van der Waals surface area (Å²) >= 11 is 0. The van der Waals surface area contributed by atoms with Gasteiger partial charge in [-0.25, -0.2) is 0 Å². The van der Waals surface area contributed by atoms with Gasteiger partial charge in [-0.2, -0.15) is 0 Å². The molecule has 0 N–H and O–H groups in total. The molecule has 1 saturated heterocycles. The van der Waals surface area contributed by atoms with E-state index in [2.05, 4.69) is 4.90 Å². The van der Waals surface area contributed by atoms with E-state index in [9.17, 15) is 9.59 Å². The van der Waals surface area contributed by atoms with Crippen LogP contribution in [-0.4, -0.2) is 53.7 Å². The number of likely N-dealkylation sites (N-methyl/N-ethyl adjacent to an activating group) is 1. The Balaban J connectivity index is 1.96. The molecule has 1 saturated carbocycles. The Bertz CT molecular complexity index is 352. The molecule has 1 heterocycles. The fourth-order valence-corrected chi connectivity index (χ4v) is 3.77. The van der Waals surface area contributed by atoms with Gasteiger partial charge in [0.2, 0.25) is 5.91 Å². The monoisotopic (exact) mass is 280 g/mol. The van der Waals surface area contributed by atoms with E-state index in [4.69, 9.17) is 0 Å². The predicted octanol–water partition coefficient (Wildman–Crippen LogP) is 2.08. The van der Waals surface area contributed by atoms with Crippen molar-refractivity contribution < 1.29 is 9.59 Å². The Kier molecular flexibility index (Phi) is 5.58. The summed E-state index contributed by atoms with van der Waals surface area (Å²) in [6, 6.07) is 0.322. The van der Waals surface area contributed by atoms with Crippen molar-refractivity contribution in [2.45, 2.75) is 58.4 Å². The Morgan fingerprint density at radius 1 is 1.20 bits per heavy atom. The van der Waals surface area contributed by atoms with Gasteiger partial charge in [0.1, 0.15) is 5.78 Å². The number of amides is 1. The zero-order valence-corrected chi connectivity index (χ0v) is 12.9. The molecule has 1 aliphatic carbocycles. The largest absolute Gasteiger partial charge is 0.342 e. The first-order valence-corrected chi connectivity index (χ1v) is 8.21. The van der Waals surface area contributed by atoms with Gasteiger partial charge in [0.05, 0.1) is 6.54 Å². The molecule has 0 spiro atoms. The predicted molar refractivity (Wildman–Crippen MR) is 79.5 cm³/mol. The molecule has 2 unspecified atom stereocenters. The Morgan fingerprint density at radius 3 is 2.60 bits per heavy atom. The van der Waals surface area contributed by atoms with E-state index in [1.54, 1.807) is 0 Å². The first-order chi connectivity index (χ1) is 9.67. The van der Waals surface area contributed by atoms with E-state index in [-0.39, 0.29) is 11.8 Å². The van der Waals surface area contributed by atoms with Gasteiger partial charge >= 0.3 is 0 Å². The lowest BCUT2D eigenvalue weighted by Crippen LogP contribution is -2.46. The lowest BCUT2D eigenvalue weighted by molar-refractivity contribution is -0.134. The topological polar surface area (TPSA) is 40.6 Å². The molecule has 0 aromatic carbocycles. The maximum absolute atomic E-state index is 12.3. The van der Waals surface area contributed by atoms with Gasteiger partial charge in [0.25, 0.3) is 0 Å². The van der Waals surface area contributed by atoms with Crippen molar-refractivity contribution in [3.8, 4) is 0 Å². The normalized spacial score (nSPS) is 27.8. The average molecular weight is 280 g/mol. The van der Waals surface area contributed by atoms with Gasteiger partial charge in [0, 0.05) is 31.5 Å². The number of likely N-dealkylation sites (tertiary alicyclic amines) is 1. The summed E-state index contributed by atoms with van der Waals surface area (Å²) in [6.07, 6.45) is 6.21. The number of carbonyl (C=O) groups is 2. The van der Waals surface area contributed by atoms with Gasteiger partial charge in [-0.3, -0.25) is 14.5 Å². The zero-order chi connectivity index (χ0) is 14.5. The summed E-state index contributed by atoms with van der Waals surface area (Å²) in [4.78, 5) is 28.6. The van der Waals surface area contributed by atoms with Gasteiger partial charge < -0.3 is 4.90 Å². The van der Waals surface area contributed by atoms with E-state index in [0.717, 1.165) is 51.7 Å². The fraction of sp³-hybridized carbons (Fsp3) is 0.875. The van der Waals surface area contributed by atoms with Gasteiger partial charge in [-0.1, -0.05) is 6.42 Å². The van der Waals surface area contributed by atoms with Crippen LogP contribution in [0.25, 0.3) is 0 Å². The highest BCUT2D eigenvalue weighted by molar-refractivity contribution is 5.82. The third-order valence-corrected chi connectivity index (χ3v) is 4.94. The van der Waals surface area contributed by atoms with Crippen molar-refractivity contribution in [1.82, 2.24) is 9.80 Å². The Morgan fingerprint density at radius 2 is 1.95 bits per heavy atom. The van der Waals surface area contributed by atoms with Crippen molar-refractivity contribution in [2.24, 2.45) is 5.92 Å². The number of hydrogen-bond acceptors (Lipinski definition) is 3. The Labute approximate surface area is 122 Å². The van der Waals surface area contributed by atoms with Crippen LogP contribution in [0.5, 0.6) is 0 Å². The molecule has 4 heteroatoms. The molecule has 0 bridgehead atoms. The van der Waals surface area contributed by atoms with Gasteiger partial charge in [-0.05, 0) is 46.1 Å². The minimum atomic E-state index is 0.191. The molecule has 0 radical (unpaired) electrons. The maximum Gasteiger partial charge on any atom is 0.236 e. The highest BCUT2D eigenvalue weighted by Crippen LogP contribution is 2.32. The van der Waals surface area contributed by atoms with Crippen LogP contribution in [0.4, 0.5) is 0 Å². The molecule has 114 valence electrons. The van der Waals surface area contributed by atoms with Crippen molar-refractivity contribution >= 4 is 11.7 Å². The van der Waals surface area contributed by atoms with Crippen molar-refractivity contribution in [1.29, 1.82) is 0 Å². The molecule has 1 aliphatic heterocycles. The van der Waals surface area contributed by atoms with Crippen molar-refractivity contribution in [3.63, 3.8) is 0 Å². The summed E-state index contributed by atoms with van der Waals surface area (Å²) in [7, 11) is 0. The van der Waals surface area contributed by atoms with Crippen LogP contribution in [0.15, 0.2) is 0 Å². The molecule has 2 atom stereocenters. The molecule has 0 aromatic heterocycles. The smallest absolute Gasteiger partial charge is 0.236 e. The summed E-state index contributed by atoms with van der Waals surface area (Å²) in [5.41, 5.74) is 0. The van der Waals surface area contributed by atoms with E-state index >= 15 is 0 Å². The molecule has 4 nitrogen and oxygen atoms in total. The van der Waals surface area contributed by atoms with E-state index < -0.39 is 0 Å². The van der Waals surface area contributed by atoms with Crippen molar-refractivity contribution in [2.75, 3.05) is 26.2 Å². The SMILES string of the molecule is CCN(CC)C(=O)CN1CCCC1C1CCCCC1=O. The molecule has 20 heavy (non-hydrogen) atoms. The van der Waals surface area contributed by atoms with Crippen LogP contribution >= 0.6 is 0 Å². The standard InChI is InChI=1S/C16H28N2O2/c1-3-17(4-2)16(20)12-18-11-7-9-14(18)13-8-5-6-10-15(13)19/h13-14H,3-12H2,1-2H3. The number of rotatable bonds is 5. The van der Waals surface area contributed by atoms with Gasteiger partial charge in [-0.15, -0.1) is 0 Å². The number of ketones is 1. The van der Waals surface area contributed by atoms with Crippen LogP contribution in [-0.2, 0) is 9.59 Å². The Hall–Kier alpha value is -0.900. The first kappa shape index (κ1) is 15.5. The fourth-order valence-electron chi connectivity index (χ4n) is 3.77. The molecule has 1 amide bonds. The highest BCUT2D eigenvalue weighted by atomic mass is 16.2. The maximum atomic E-state index is 12.3. The van der Waals surface area contributed by atoms with Crippen LogP contribution in [0, 0.1) is 5.92 Å².